The van der Waals surface area contributed by atoms with E-state index in [1.54, 1.807) is 6.07 Å². The van der Waals surface area contributed by atoms with Crippen molar-refractivity contribution in [3.05, 3.63) is 33.1 Å². The van der Waals surface area contributed by atoms with Crippen molar-refractivity contribution in [3.8, 4) is 11.5 Å². The Labute approximate surface area is 159 Å². The van der Waals surface area contributed by atoms with Gasteiger partial charge in [0.25, 0.3) is 0 Å². The molecule has 2 aliphatic rings. The number of hydrogen-bond donors (Lipinski definition) is 2. The van der Waals surface area contributed by atoms with E-state index in [9.17, 15) is 9.90 Å². The number of fused-ring (bicyclic) bond motifs is 6. The van der Waals surface area contributed by atoms with Crippen molar-refractivity contribution in [3.63, 3.8) is 0 Å². The highest BCUT2D eigenvalue weighted by atomic mass is 16.5. The van der Waals surface area contributed by atoms with Gasteiger partial charge in [0, 0.05) is 28.5 Å². The lowest BCUT2D eigenvalue weighted by Gasteiger charge is -2.40. The van der Waals surface area contributed by atoms with Crippen LogP contribution in [0.15, 0.2) is 10.9 Å². The van der Waals surface area contributed by atoms with Gasteiger partial charge in [0.05, 0.1) is 11.6 Å². The normalized spacial score (nSPS) is 26.1. The lowest BCUT2D eigenvalue weighted by molar-refractivity contribution is 0.0158. The first-order valence-electron chi connectivity index (χ1n) is 10.0. The number of aromatic amines is 1. The number of aliphatic hydroxyl groups excluding tert-OH is 1. The lowest BCUT2D eigenvalue weighted by atomic mass is 9.82. The number of rotatable bonds is 2. The molecular formula is C22H29NO4. The van der Waals surface area contributed by atoms with E-state index in [2.05, 4.69) is 25.8 Å². The summed E-state index contributed by atoms with van der Waals surface area (Å²) in [6, 6.07) is 1.67. The molecule has 0 amide bonds. The average molecular weight is 371 g/mol. The molecule has 0 spiro atoms. The molecule has 0 saturated heterocycles. The molecule has 3 heterocycles. The number of hydrogen-bond acceptors (Lipinski definition) is 4. The summed E-state index contributed by atoms with van der Waals surface area (Å²) >= 11 is 0. The van der Waals surface area contributed by atoms with E-state index in [0.717, 1.165) is 47.9 Å². The summed E-state index contributed by atoms with van der Waals surface area (Å²) in [5.74, 6) is 1.46. The van der Waals surface area contributed by atoms with Gasteiger partial charge in [-0.2, -0.15) is 0 Å². The maximum absolute atomic E-state index is 12.4. The minimum Gasteiger partial charge on any atom is -0.489 e. The molecule has 2 aliphatic heterocycles. The van der Waals surface area contributed by atoms with Crippen molar-refractivity contribution in [1.82, 2.24) is 4.98 Å². The number of aliphatic hydroxyl groups is 1. The molecule has 5 nitrogen and oxygen atoms in total. The van der Waals surface area contributed by atoms with Crippen LogP contribution >= 0.6 is 0 Å². The Morgan fingerprint density at radius 1 is 1.30 bits per heavy atom. The zero-order chi connectivity index (χ0) is 19.5. The van der Waals surface area contributed by atoms with Gasteiger partial charge in [0.2, 0.25) is 5.56 Å². The highest BCUT2D eigenvalue weighted by Crippen LogP contribution is 2.52. The summed E-state index contributed by atoms with van der Waals surface area (Å²) in [4.78, 5) is 15.4. The molecular weight excluding hydrogens is 342 g/mol. The summed E-state index contributed by atoms with van der Waals surface area (Å²) in [7, 11) is 0. The Kier molecular flexibility index (Phi) is 4.26. The Balaban J connectivity index is 2.14. The molecule has 2 N–H and O–H groups in total. The largest absolute Gasteiger partial charge is 0.489 e. The second-order valence-electron chi connectivity index (χ2n) is 8.70. The standard InChI is InChI=1S/C22H29NO4/c1-6-7-13-10-15(24)23-18-16(13)21-14(8-9-22(4,5)27-21)20-17(18)19(25)11(2)12(3)26-20/h10-12,19,25H,6-9H2,1-5H3,(H,23,24)/t11-,12+,19+/m0/s1. The molecule has 2 aromatic rings. The van der Waals surface area contributed by atoms with Crippen molar-refractivity contribution in [2.24, 2.45) is 5.92 Å². The maximum atomic E-state index is 12.4. The van der Waals surface area contributed by atoms with Gasteiger partial charge in [-0.05, 0) is 45.6 Å². The first-order chi connectivity index (χ1) is 12.7. The smallest absolute Gasteiger partial charge is 0.248 e. The van der Waals surface area contributed by atoms with Gasteiger partial charge in [-0.3, -0.25) is 4.79 Å². The van der Waals surface area contributed by atoms with Gasteiger partial charge in [-0.1, -0.05) is 20.3 Å². The topological polar surface area (TPSA) is 71.6 Å². The number of ether oxygens (including phenoxy) is 2. The van der Waals surface area contributed by atoms with Crippen molar-refractivity contribution in [2.45, 2.75) is 78.1 Å². The van der Waals surface area contributed by atoms with Crippen LogP contribution in [0.4, 0.5) is 0 Å². The molecule has 0 unspecified atom stereocenters. The van der Waals surface area contributed by atoms with E-state index < -0.39 is 6.10 Å². The summed E-state index contributed by atoms with van der Waals surface area (Å²) in [5, 5.41) is 12.0. The second kappa shape index (κ2) is 6.26. The molecule has 1 aromatic carbocycles. The van der Waals surface area contributed by atoms with Crippen LogP contribution in [-0.2, 0) is 12.8 Å². The van der Waals surface area contributed by atoms with Crippen molar-refractivity contribution in [2.75, 3.05) is 0 Å². The van der Waals surface area contributed by atoms with E-state index in [0.29, 0.717) is 16.8 Å². The molecule has 5 heteroatoms. The Bertz CT molecular complexity index is 959. The van der Waals surface area contributed by atoms with Gasteiger partial charge >= 0.3 is 0 Å². The number of aryl methyl sites for hydroxylation is 1. The molecule has 3 atom stereocenters. The van der Waals surface area contributed by atoms with Gasteiger partial charge in [0.1, 0.15) is 23.2 Å². The first kappa shape index (κ1) is 18.4. The van der Waals surface area contributed by atoms with Crippen LogP contribution in [-0.4, -0.2) is 21.8 Å². The van der Waals surface area contributed by atoms with E-state index >= 15 is 0 Å². The summed E-state index contributed by atoms with van der Waals surface area (Å²) in [6.07, 6.45) is 2.65. The third kappa shape index (κ3) is 2.83. The fourth-order valence-electron chi connectivity index (χ4n) is 4.39. The van der Waals surface area contributed by atoms with E-state index in [4.69, 9.17) is 9.47 Å². The van der Waals surface area contributed by atoms with E-state index in [1.165, 1.54) is 0 Å². The number of aromatic nitrogens is 1. The SMILES string of the molecule is CCCc1cc(=O)[nH]c2c3c(c4c(c12)OC(C)(C)CC4)O[C@H](C)[C@H](C)[C@H]3O. The summed E-state index contributed by atoms with van der Waals surface area (Å²) in [6.45, 7) is 10.2. The number of nitrogens with one attached hydrogen (secondary N) is 1. The summed E-state index contributed by atoms with van der Waals surface area (Å²) in [5.41, 5.74) is 2.96. The molecule has 0 aliphatic carbocycles. The highest BCUT2D eigenvalue weighted by Gasteiger charge is 2.40. The Hall–Kier alpha value is -2.01. The van der Waals surface area contributed by atoms with Gasteiger partial charge in [0.15, 0.2) is 0 Å². The lowest BCUT2D eigenvalue weighted by Crippen LogP contribution is -2.36. The van der Waals surface area contributed by atoms with Crippen LogP contribution in [0.3, 0.4) is 0 Å². The van der Waals surface area contributed by atoms with E-state index in [1.807, 2.05) is 13.8 Å². The third-order valence-corrected chi connectivity index (χ3v) is 6.13. The zero-order valence-electron chi connectivity index (χ0n) is 16.8. The van der Waals surface area contributed by atoms with Crippen LogP contribution in [0.1, 0.15) is 70.3 Å². The zero-order valence-corrected chi connectivity index (χ0v) is 16.8. The molecule has 0 bridgehead atoms. The van der Waals surface area contributed by atoms with E-state index in [-0.39, 0.29) is 23.2 Å². The predicted octanol–water partition coefficient (Wildman–Crippen LogP) is 4.03. The highest BCUT2D eigenvalue weighted by molar-refractivity contribution is 5.95. The molecule has 4 rings (SSSR count). The minimum absolute atomic E-state index is 0.0574. The van der Waals surface area contributed by atoms with Crippen molar-refractivity contribution < 1.29 is 14.6 Å². The van der Waals surface area contributed by atoms with Gasteiger partial charge in [-0.25, -0.2) is 0 Å². The molecule has 0 radical (unpaired) electrons. The number of pyridine rings is 1. The Morgan fingerprint density at radius 3 is 2.74 bits per heavy atom. The molecule has 1 aromatic heterocycles. The van der Waals surface area contributed by atoms with Crippen LogP contribution in [0.2, 0.25) is 0 Å². The number of benzene rings is 1. The first-order valence-corrected chi connectivity index (χ1v) is 10.0. The van der Waals surface area contributed by atoms with Gasteiger partial charge in [-0.15, -0.1) is 0 Å². The maximum Gasteiger partial charge on any atom is 0.248 e. The molecule has 0 fully saturated rings. The quantitative estimate of drug-likeness (QED) is 0.836. The predicted molar refractivity (Wildman–Crippen MR) is 106 cm³/mol. The van der Waals surface area contributed by atoms with Crippen molar-refractivity contribution in [1.29, 1.82) is 0 Å². The summed E-state index contributed by atoms with van der Waals surface area (Å²) < 4.78 is 12.7. The van der Waals surface area contributed by atoms with Crippen molar-refractivity contribution >= 4 is 10.9 Å². The van der Waals surface area contributed by atoms with Gasteiger partial charge < -0.3 is 19.6 Å². The molecule has 0 saturated carbocycles. The molecule has 146 valence electrons. The second-order valence-corrected chi connectivity index (χ2v) is 8.70. The monoisotopic (exact) mass is 371 g/mol. The van der Waals surface area contributed by atoms with Crippen LogP contribution in [0, 0.1) is 5.92 Å². The fraction of sp³-hybridized carbons (Fsp3) is 0.591. The third-order valence-electron chi connectivity index (χ3n) is 6.13. The van der Waals surface area contributed by atoms with Crippen LogP contribution < -0.4 is 15.0 Å². The molecule has 27 heavy (non-hydrogen) atoms. The minimum atomic E-state index is -0.681. The average Bonchev–Trinajstić information content (AvgIpc) is 2.58. The number of H-pyrrole nitrogens is 1. The van der Waals surface area contributed by atoms with Crippen LogP contribution in [0.5, 0.6) is 11.5 Å². The Morgan fingerprint density at radius 2 is 2.04 bits per heavy atom. The van der Waals surface area contributed by atoms with Crippen LogP contribution in [0.25, 0.3) is 10.9 Å². The fourth-order valence-corrected chi connectivity index (χ4v) is 4.39.